The number of pyridine rings is 1. The van der Waals surface area contributed by atoms with Crippen molar-refractivity contribution < 1.29 is 13.9 Å². The molecule has 1 saturated heterocycles. The number of hydrogen-bond donors (Lipinski definition) is 0. The monoisotopic (exact) mass is 336 g/mol. The SMILES string of the molecule is O=C(c1ccc2ccccc2n1)N1CCO[C@H](c2cccc(F)c2)C1. The zero-order valence-corrected chi connectivity index (χ0v) is 13.6. The third-order valence-electron chi connectivity index (χ3n) is 4.39. The van der Waals surface area contributed by atoms with Crippen LogP contribution in [0.1, 0.15) is 22.2 Å². The van der Waals surface area contributed by atoms with Gasteiger partial charge in [-0.2, -0.15) is 0 Å². The van der Waals surface area contributed by atoms with Crippen molar-refractivity contribution in [2.75, 3.05) is 19.7 Å². The van der Waals surface area contributed by atoms with E-state index in [1.165, 1.54) is 12.1 Å². The van der Waals surface area contributed by atoms with Gasteiger partial charge in [-0.05, 0) is 29.8 Å². The van der Waals surface area contributed by atoms with Crippen LogP contribution in [0.5, 0.6) is 0 Å². The molecule has 2 aromatic carbocycles. The highest BCUT2D eigenvalue weighted by Gasteiger charge is 2.27. The van der Waals surface area contributed by atoms with Crippen molar-refractivity contribution in [1.29, 1.82) is 0 Å². The van der Waals surface area contributed by atoms with Gasteiger partial charge >= 0.3 is 0 Å². The lowest BCUT2D eigenvalue weighted by Gasteiger charge is -2.33. The summed E-state index contributed by atoms with van der Waals surface area (Å²) in [6.07, 6.45) is -0.325. The van der Waals surface area contributed by atoms with Gasteiger partial charge in [0, 0.05) is 11.9 Å². The molecule has 0 saturated carbocycles. The highest BCUT2D eigenvalue weighted by atomic mass is 19.1. The number of fused-ring (bicyclic) bond motifs is 1. The van der Waals surface area contributed by atoms with Gasteiger partial charge in [-0.1, -0.05) is 36.4 Å². The van der Waals surface area contributed by atoms with Gasteiger partial charge in [-0.25, -0.2) is 9.37 Å². The van der Waals surface area contributed by atoms with Gasteiger partial charge in [0.05, 0.1) is 18.7 Å². The molecule has 2 heterocycles. The lowest BCUT2D eigenvalue weighted by atomic mass is 10.1. The largest absolute Gasteiger partial charge is 0.370 e. The second-order valence-electron chi connectivity index (χ2n) is 6.05. The van der Waals surface area contributed by atoms with Crippen molar-refractivity contribution in [1.82, 2.24) is 9.88 Å². The number of halogens is 1. The van der Waals surface area contributed by atoms with Gasteiger partial charge < -0.3 is 9.64 Å². The van der Waals surface area contributed by atoms with Crippen LogP contribution in [0, 0.1) is 5.82 Å². The van der Waals surface area contributed by atoms with Crippen molar-refractivity contribution in [3.05, 3.63) is 77.7 Å². The van der Waals surface area contributed by atoms with Crippen LogP contribution in [-0.4, -0.2) is 35.5 Å². The Bertz CT molecular complexity index is 928. The van der Waals surface area contributed by atoms with Gasteiger partial charge in [0.1, 0.15) is 17.6 Å². The molecule has 4 nitrogen and oxygen atoms in total. The predicted molar refractivity (Wildman–Crippen MR) is 92.7 cm³/mol. The third kappa shape index (κ3) is 3.23. The molecule has 1 amide bonds. The summed E-state index contributed by atoms with van der Waals surface area (Å²) in [4.78, 5) is 19.0. The molecule has 0 unspecified atom stereocenters. The van der Waals surface area contributed by atoms with E-state index in [0.29, 0.717) is 25.4 Å². The number of hydrogen-bond acceptors (Lipinski definition) is 3. The number of ether oxygens (including phenoxy) is 1. The first-order valence-electron chi connectivity index (χ1n) is 8.23. The maximum atomic E-state index is 13.4. The molecular formula is C20H17FN2O2. The second kappa shape index (κ2) is 6.61. The molecule has 1 atom stereocenters. The Labute approximate surface area is 144 Å². The fourth-order valence-electron chi connectivity index (χ4n) is 3.09. The predicted octanol–water partition coefficient (Wildman–Crippen LogP) is 3.59. The number of carbonyl (C=O) groups is 1. The Hall–Kier alpha value is -2.79. The zero-order chi connectivity index (χ0) is 17.2. The van der Waals surface area contributed by atoms with E-state index in [4.69, 9.17) is 4.74 Å². The Kier molecular flexibility index (Phi) is 4.15. The van der Waals surface area contributed by atoms with E-state index in [-0.39, 0.29) is 17.8 Å². The van der Waals surface area contributed by atoms with Crippen molar-refractivity contribution in [3.8, 4) is 0 Å². The summed E-state index contributed by atoms with van der Waals surface area (Å²) in [7, 11) is 0. The molecular weight excluding hydrogens is 319 g/mol. The molecule has 126 valence electrons. The summed E-state index contributed by atoms with van der Waals surface area (Å²) in [6, 6.07) is 17.7. The van der Waals surface area contributed by atoms with Crippen LogP contribution in [0.25, 0.3) is 10.9 Å². The van der Waals surface area contributed by atoms with Crippen LogP contribution >= 0.6 is 0 Å². The van der Waals surface area contributed by atoms with Crippen molar-refractivity contribution in [2.24, 2.45) is 0 Å². The summed E-state index contributed by atoms with van der Waals surface area (Å²) in [5, 5.41) is 0.999. The molecule has 0 spiro atoms. The third-order valence-corrected chi connectivity index (χ3v) is 4.39. The molecule has 25 heavy (non-hydrogen) atoms. The molecule has 1 fully saturated rings. The van der Waals surface area contributed by atoms with E-state index < -0.39 is 0 Å². The summed E-state index contributed by atoms with van der Waals surface area (Å²) < 4.78 is 19.2. The Morgan fingerprint density at radius 2 is 2.00 bits per heavy atom. The maximum absolute atomic E-state index is 13.4. The van der Waals surface area contributed by atoms with Gasteiger partial charge in [-0.15, -0.1) is 0 Å². The summed E-state index contributed by atoms with van der Waals surface area (Å²) >= 11 is 0. The van der Waals surface area contributed by atoms with Crippen LogP contribution < -0.4 is 0 Å². The Balaban J connectivity index is 1.56. The molecule has 1 aliphatic rings. The number of benzene rings is 2. The summed E-state index contributed by atoms with van der Waals surface area (Å²) in [5.74, 6) is -0.434. The standard InChI is InChI=1S/C20H17FN2O2/c21-16-6-3-5-15(12-16)19-13-23(10-11-25-19)20(24)18-9-8-14-4-1-2-7-17(14)22-18/h1-9,12,19H,10-11,13H2/t19-/m0/s1. The molecule has 5 heteroatoms. The van der Waals surface area contributed by atoms with Crippen LogP contribution in [0.3, 0.4) is 0 Å². The Morgan fingerprint density at radius 3 is 2.88 bits per heavy atom. The lowest BCUT2D eigenvalue weighted by molar-refractivity contribution is -0.0231. The first kappa shape index (κ1) is 15.7. The van der Waals surface area contributed by atoms with Crippen molar-refractivity contribution in [3.63, 3.8) is 0 Å². The van der Waals surface area contributed by atoms with Crippen LogP contribution in [0.2, 0.25) is 0 Å². The smallest absolute Gasteiger partial charge is 0.272 e. The average Bonchev–Trinajstić information content (AvgIpc) is 2.67. The van der Waals surface area contributed by atoms with E-state index in [2.05, 4.69) is 4.98 Å². The van der Waals surface area contributed by atoms with Gasteiger partial charge in [-0.3, -0.25) is 4.79 Å². The van der Waals surface area contributed by atoms with Crippen molar-refractivity contribution >= 4 is 16.8 Å². The molecule has 0 bridgehead atoms. The first-order chi connectivity index (χ1) is 12.2. The van der Waals surface area contributed by atoms with Crippen LogP contribution in [-0.2, 0) is 4.74 Å². The summed E-state index contributed by atoms with van der Waals surface area (Å²) in [5.41, 5.74) is 1.95. The lowest BCUT2D eigenvalue weighted by Crippen LogP contribution is -2.42. The van der Waals surface area contributed by atoms with Crippen LogP contribution in [0.15, 0.2) is 60.7 Å². The molecule has 3 aromatic rings. The number of amides is 1. The quantitative estimate of drug-likeness (QED) is 0.718. The average molecular weight is 336 g/mol. The number of aromatic nitrogens is 1. The minimum atomic E-state index is -0.325. The Morgan fingerprint density at radius 1 is 1.12 bits per heavy atom. The van der Waals surface area contributed by atoms with E-state index in [1.54, 1.807) is 17.0 Å². The topological polar surface area (TPSA) is 42.4 Å². The number of rotatable bonds is 2. The minimum Gasteiger partial charge on any atom is -0.370 e. The number of morpholine rings is 1. The van der Waals surface area contributed by atoms with Gasteiger partial charge in [0.2, 0.25) is 0 Å². The first-order valence-corrected chi connectivity index (χ1v) is 8.23. The van der Waals surface area contributed by atoms with Crippen LogP contribution in [0.4, 0.5) is 4.39 Å². The zero-order valence-electron chi connectivity index (χ0n) is 13.6. The van der Waals surface area contributed by atoms with Gasteiger partial charge in [0.25, 0.3) is 5.91 Å². The van der Waals surface area contributed by atoms with E-state index in [9.17, 15) is 9.18 Å². The summed E-state index contributed by atoms with van der Waals surface area (Å²) in [6.45, 7) is 1.30. The van der Waals surface area contributed by atoms with Crippen molar-refractivity contribution in [2.45, 2.75) is 6.10 Å². The second-order valence-corrected chi connectivity index (χ2v) is 6.05. The van der Waals surface area contributed by atoms with E-state index >= 15 is 0 Å². The van der Waals surface area contributed by atoms with E-state index in [1.807, 2.05) is 36.4 Å². The molecule has 4 rings (SSSR count). The number of nitrogens with zero attached hydrogens (tertiary/aromatic N) is 2. The van der Waals surface area contributed by atoms with E-state index in [0.717, 1.165) is 16.5 Å². The maximum Gasteiger partial charge on any atom is 0.272 e. The molecule has 1 aromatic heterocycles. The van der Waals surface area contributed by atoms with Gasteiger partial charge in [0.15, 0.2) is 0 Å². The fraction of sp³-hybridized carbons (Fsp3) is 0.200. The number of carbonyl (C=O) groups excluding carboxylic acids is 1. The molecule has 0 radical (unpaired) electrons. The fourth-order valence-corrected chi connectivity index (χ4v) is 3.09. The highest BCUT2D eigenvalue weighted by molar-refractivity contribution is 5.95. The normalized spacial score (nSPS) is 17.6. The molecule has 0 aliphatic carbocycles. The molecule has 1 aliphatic heterocycles. The minimum absolute atomic E-state index is 0.129. The highest BCUT2D eigenvalue weighted by Crippen LogP contribution is 2.24. The number of para-hydroxylation sites is 1. The molecule has 0 N–H and O–H groups in total.